The highest BCUT2D eigenvalue weighted by Gasteiger charge is 2.21. The van der Waals surface area contributed by atoms with E-state index in [0.717, 1.165) is 35.1 Å². The van der Waals surface area contributed by atoms with Gasteiger partial charge in [0.25, 0.3) is 5.91 Å². The van der Waals surface area contributed by atoms with Gasteiger partial charge in [0.15, 0.2) is 5.69 Å². The molecule has 0 bridgehead atoms. The Balaban J connectivity index is 0.00000210. The first-order chi connectivity index (χ1) is 12.7. The van der Waals surface area contributed by atoms with Crippen molar-refractivity contribution >= 4 is 40.8 Å². The fourth-order valence-electron chi connectivity index (χ4n) is 3.24. The average Bonchev–Trinajstić information content (AvgIpc) is 3.26. The number of aromatic nitrogens is 3. The first-order valence-electron chi connectivity index (χ1n) is 8.53. The van der Waals surface area contributed by atoms with Gasteiger partial charge in [0.05, 0.1) is 5.52 Å². The van der Waals surface area contributed by atoms with E-state index in [2.05, 4.69) is 26.1 Å². The van der Waals surface area contributed by atoms with Crippen molar-refractivity contribution in [3.05, 3.63) is 47.4 Å². The molecule has 4 rings (SSSR count). The summed E-state index contributed by atoms with van der Waals surface area (Å²) in [5.41, 5.74) is 3.92. The second-order valence-electron chi connectivity index (χ2n) is 6.30. The van der Waals surface area contributed by atoms with Crippen molar-refractivity contribution in [1.82, 2.24) is 25.4 Å². The third-order valence-corrected chi connectivity index (χ3v) is 4.65. The van der Waals surface area contributed by atoms with Crippen LogP contribution >= 0.6 is 12.4 Å². The van der Waals surface area contributed by atoms with E-state index in [1.54, 1.807) is 7.05 Å². The highest BCUT2D eigenvalue weighted by Crippen LogP contribution is 2.22. The van der Waals surface area contributed by atoms with Crippen LogP contribution in [0.2, 0.25) is 0 Å². The minimum Gasteiger partial charge on any atom is -0.358 e. The maximum Gasteiger partial charge on any atom is 0.276 e. The molecule has 0 saturated carbocycles. The molecular weight excluding hydrogens is 368 g/mol. The van der Waals surface area contributed by atoms with Crippen molar-refractivity contribution in [3.63, 3.8) is 0 Å². The molecule has 2 aromatic heterocycles. The minimum absolute atomic E-state index is 0. The van der Waals surface area contributed by atoms with E-state index in [-0.39, 0.29) is 30.8 Å². The number of aromatic amines is 1. The summed E-state index contributed by atoms with van der Waals surface area (Å²) in [5.74, 6) is -0.317. The molecule has 9 heteroatoms. The zero-order chi connectivity index (χ0) is 18.1. The number of rotatable bonds is 4. The maximum absolute atomic E-state index is 12.6. The molecule has 2 amide bonds. The first-order valence-corrected chi connectivity index (χ1v) is 8.53. The van der Waals surface area contributed by atoms with Gasteiger partial charge in [-0.25, -0.2) is 0 Å². The van der Waals surface area contributed by atoms with Crippen molar-refractivity contribution in [2.75, 3.05) is 18.9 Å². The lowest BCUT2D eigenvalue weighted by molar-refractivity contribution is -0.121. The standard InChI is InChI=1S/C18H20N6O2.ClH/c1-19-16(25)10-24-7-5-11-2-3-12(8-15(11)24)21-18(26)17-13-9-20-6-4-14(13)22-23-17;/h2-3,5,7-8,20H,4,6,9-10H2,1H3,(H,19,25)(H,21,26)(H,22,23);1H. The van der Waals surface area contributed by atoms with Crippen LogP contribution in [0.1, 0.15) is 21.7 Å². The molecule has 4 N–H and O–H groups in total. The summed E-state index contributed by atoms with van der Waals surface area (Å²) in [4.78, 5) is 24.3. The lowest BCUT2D eigenvalue weighted by Crippen LogP contribution is -2.25. The summed E-state index contributed by atoms with van der Waals surface area (Å²) in [5, 5.41) is 16.9. The molecule has 0 aliphatic carbocycles. The largest absolute Gasteiger partial charge is 0.358 e. The predicted molar refractivity (Wildman–Crippen MR) is 105 cm³/mol. The van der Waals surface area contributed by atoms with E-state index in [4.69, 9.17) is 0 Å². The van der Waals surface area contributed by atoms with Gasteiger partial charge in [-0.15, -0.1) is 12.4 Å². The number of carbonyl (C=O) groups excluding carboxylic acids is 2. The van der Waals surface area contributed by atoms with E-state index in [9.17, 15) is 9.59 Å². The minimum atomic E-state index is -0.241. The molecule has 0 fully saturated rings. The van der Waals surface area contributed by atoms with Crippen LogP contribution in [0.3, 0.4) is 0 Å². The third kappa shape index (κ3) is 3.67. The van der Waals surface area contributed by atoms with E-state index in [1.165, 1.54) is 0 Å². The number of amides is 2. The van der Waals surface area contributed by atoms with Crippen LogP contribution in [0.5, 0.6) is 0 Å². The summed E-state index contributed by atoms with van der Waals surface area (Å²) < 4.78 is 1.85. The van der Waals surface area contributed by atoms with Gasteiger partial charge in [0, 0.05) is 49.7 Å². The average molecular weight is 389 g/mol. The number of likely N-dealkylation sites (N-methyl/N-ethyl adjacent to an activating group) is 1. The number of fused-ring (bicyclic) bond motifs is 2. The van der Waals surface area contributed by atoms with Gasteiger partial charge in [0.1, 0.15) is 6.54 Å². The Hall–Kier alpha value is -2.84. The van der Waals surface area contributed by atoms with Gasteiger partial charge in [-0.05, 0) is 23.6 Å². The highest BCUT2D eigenvalue weighted by molar-refractivity contribution is 6.05. The summed E-state index contributed by atoms with van der Waals surface area (Å²) in [6.45, 7) is 1.76. The lowest BCUT2D eigenvalue weighted by Gasteiger charge is -2.13. The number of nitrogens with one attached hydrogen (secondary N) is 4. The van der Waals surface area contributed by atoms with E-state index < -0.39 is 0 Å². The molecule has 3 aromatic rings. The monoisotopic (exact) mass is 388 g/mol. The Bertz CT molecular complexity index is 993. The molecule has 0 saturated heterocycles. The number of halogens is 1. The van der Waals surface area contributed by atoms with Gasteiger partial charge < -0.3 is 20.5 Å². The van der Waals surface area contributed by atoms with Crippen molar-refractivity contribution in [1.29, 1.82) is 0 Å². The van der Waals surface area contributed by atoms with Crippen molar-refractivity contribution in [2.24, 2.45) is 0 Å². The Morgan fingerprint density at radius 2 is 2.15 bits per heavy atom. The number of carbonyl (C=O) groups is 2. The third-order valence-electron chi connectivity index (χ3n) is 4.65. The van der Waals surface area contributed by atoms with Crippen LogP contribution < -0.4 is 16.0 Å². The smallest absolute Gasteiger partial charge is 0.276 e. The molecule has 8 nitrogen and oxygen atoms in total. The van der Waals surface area contributed by atoms with E-state index >= 15 is 0 Å². The number of H-pyrrole nitrogens is 1. The highest BCUT2D eigenvalue weighted by atomic mass is 35.5. The van der Waals surface area contributed by atoms with Gasteiger partial charge in [-0.1, -0.05) is 6.07 Å². The lowest BCUT2D eigenvalue weighted by atomic mass is 10.1. The molecule has 0 atom stereocenters. The molecule has 0 spiro atoms. The van der Waals surface area contributed by atoms with Crippen molar-refractivity contribution in [2.45, 2.75) is 19.5 Å². The molecule has 1 aromatic carbocycles. The van der Waals surface area contributed by atoms with Crippen LogP contribution in [0, 0.1) is 0 Å². The number of hydrogen-bond donors (Lipinski definition) is 4. The first kappa shape index (κ1) is 18.9. The second-order valence-corrected chi connectivity index (χ2v) is 6.30. The SMILES string of the molecule is CNC(=O)Cn1ccc2ccc(NC(=O)c3n[nH]c4c3CNCC4)cc21.Cl. The summed E-state index contributed by atoms with van der Waals surface area (Å²) in [7, 11) is 1.61. The van der Waals surface area contributed by atoms with E-state index in [0.29, 0.717) is 17.9 Å². The molecule has 142 valence electrons. The Morgan fingerprint density at radius 3 is 2.96 bits per heavy atom. The summed E-state index contributed by atoms with van der Waals surface area (Å²) in [6, 6.07) is 7.59. The molecule has 27 heavy (non-hydrogen) atoms. The number of nitrogens with zero attached hydrogens (tertiary/aromatic N) is 2. The predicted octanol–water partition coefficient (Wildman–Crippen LogP) is 1.43. The molecule has 1 aliphatic rings. The van der Waals surface area contributed by atoms with Gasteiger partial charge in [-0.2, -0.15) is 5.10 Å². The van der Waals surface area contributed by atoms with Crippen LogP contribution in [0.4, 0.5) is 5.69 Å². The molecule has 3 heterocycles. The summed E-state index contributed by atoms with van der Waals surface area (Å²) >= 11 is 0. The normalized spacial score (nSPS) is 12.9. The number of benzene rings is 1. The topological polar surface area (TPSA) is 104 Å². The van der Waals surface area contributed by atoms with Crippen molar-refractivity contribution < 1.29 is 9.59 Å². The maximum atomic E-state index is 12.6. The number of anilines is 1. The van der Waals surface area contributed by atoms with Crippen LogP contribution in [0.25, 0.3) is 10.9 Å². The van der Waals surface area contributed by atoms with E-state index in [1.807, 2.05) is 35.0 Å². The van der Waals surface area contributed by atoms with Crippen LogP contribution in [-0.4, -0.2) is 40.2 Å². The van der Waals surface area contributed by atoms with Gasteiger partial charge in [-0.3, -0.25) is 14.7 Å². The fourth-order valence-corrected chi connectivity index (χ4v) is 3.24. The number of hydrogen-bond acceptors (Lipinski definition) is 4. The van der Waals surface area contributed by atoms with Crippen LogP contribution in [-0.2, 0) is 24.3 Å². The fraction of sp³-hybridized carbons (Fsp3) is 0.278. The molecule has 0 radical (unpaired) electrons. The van der Waals surface area contributed by atoms with Crippen molar-refractivity contribution in [3.8, 4) is 0 Å². The quantitative estimate of drug-likeness (QED) is 0.542. The van der Waals surface area contributed by atoms with Gasteiger partial charge >= 0.3 is 0 Å². The second kappa shape index (κ2) is 7.81. The Kier molecular flexibility index (Phi) is 5.48. The van der Waals surface area contributed by atoms with Crippen LogP contribution in [0.15, 0.2) is 30.5 Å². The molecular formula is C18H21ClN6O2. The Labute approximate surface area is 162 Å². The molecule has 0 unspecified atom stereocenters. The van der Waals surface area contributed by atoms with Gasteiger partial charge in [0.2, 0.25) is 5.91 Å². The Morgan fingerprint density at radius 1 is 1.30 bits per heavy atom. The molecule has 1 aliphatic heterocycles. The summed E-state index contributed by atoms with van der Waals surface area (Å²) in [6.07, 6.45) is 2.70. The zero-order valence-electron chi connectivity index (χ0n) is 14.8. The zero-order valence-corrected chi connectivity index (χ0v) is 15.7.